The summed E-state index contributed by atoms with van der Waals surface area (Å²) in [4.78, 5) is 13.2. The van der Waals surface area contributed by atoms with E-state index < -0.39 is 22.2 Å². The predicted molar refractivity (Wildman–Crippen MR) is 79.7 cm³/mol. The molecule has 0 atom stereocenters. The number of piperidine rings is 1. The molecule has 2 rings (SSSR count). The number of nitrogens with one attached hydrogen (secondary N) is 1. The van der Waals surface area contributed by atoms with Crippen molar-refractivity contribution >= 4 is 22.1 Å². The van der Waals surface area contributed by atoms with Crippen LogP contribution in [0, 0.1) is 0 Å². The van der Waals surface area contributed by atoms with E-state index in [1.54, 1.807) is 24.3 Å². The summed E-state index contributed by atoms with van der Waals surface area (Å²) in [6, 6.07) is 8.30. The van der Waals surface area contributed by atoms with Crippen molar-refractivity contribution in [1.29, 1.82) is 0 Å². The molecule has 0 aliphatic carbocycles. The fourth-order valence-electron chi connectivity index (χ4n) is 2.02. The summed E-state index contributed by atoms with van der Waals surface area (Å²) in [7, 11) is -3.83. The number of likely N-dealkylation sites (tertiary alicyclic amines) is 1. The van der Waals surface area contributed by atoms with Crippen molar-refractivity contribution in [3.05, 3.63) is 41.3 Å². The molecule has 114 valence electrons. The molecular weight excluding hydrogens is 292 g/mol. The molecule has 0 aromatic heterocycles. The van der Waals surface area contributed by atoms with E-state index in [1.807, 2.05) is 10.8 Å². The van der Waals surface area contributed by atoms with Gasteiger partial charge in [0.2, 0.25) is 0 Å². The maximum atomic E-state index is 11.9. The first-order valence-electron chi connectivity index (χ1n) is 6.69. The van der Waals surface area contributed by atoms with E-state index in [0.717, 1.165) is 11.0 Å². The number of carbonyl (C=O) groups is 1. The van der Waals surface area contributed by atoms with Crippen LogP contribution in [0.1, 0.15) is 18.4 Å². The number of rotatable bonds is 3. The number of urea groups is 1. The Hall–Kier alpha value is -1.86. The van der Waals surface area contributed by atoms with Gasteiger partial charge < -0.3 is 10.0 Å². The molecule has 2 N–H and O–H groups in total. The second-order valence-electron chi connectivity index (χ2n) is 4.88. The highest BCUT2D eigenvalue weighted by atomic mass is 32.2. The molecule has 0 saturated carbocycles. The van der Waals surface area contributed by atoms with Crippen LogP contribution in [0.3, 0.4) is 0 Å². The van der Waals surface area contributed by atoms with Gasteiger partial charge in [0, 0.05) is 13.1 Å². The number of hydrogen-bond donors (Lipinski definition) is 2. The molecule has 7 heteroatoms. The highest BCUT2D eigenvalue weighted by Crippen LogP contribution is 2.10. The van der Waals surface area contributed by atoms with Gasteiger partial charge in [-0.15, -0.1) is 0 Å². The van der Waals surface area contributed by atoms with Gasteiger partial charge in [0.25, 0.3) is 10.0 Å². The number of hydrogen-bond acceptors (Lipinski definition) is 4. The van der Waals surface area contributed by atoms with Crippen molar-refractivity contribution in [3.8, 4) is 0 Å². The van der Waals surface area contributed by atoms with Crippen LogP contribution in [-0.4, -0.2) is 43.6 Å². The monoisotopic (exact) mass is 310 g/mol. The van der Waals surface area contributed by atoms with Gasteiger partial charge in [-0.2, -0.15) is 0 Å². The third-order valence-electron chi connectivity index (χ3n) is 3.22. The fourth-order valence-corrected chi connectivity index (χ4v) is 2.80. The number of sulfonamides is 1. The first kappa shape index (κ1) is 15.5. The number of carbonyl (C=O) groups excluding carboxylic acids is 1. The normalized spacial score (nSPS) is 17.1. The molecule has 0 spiro atoms. The molecule has 1 saturated heterocycles. The zero-order valence-electron chi connectivity index (χ0n) is 11.5. The standard InChI is InChI=1S/C14H18N2O4S/c17-13-6-9-16(10-7-13)14(18)15-21(19,20)11-8-12-4-2-1-3-5-12/h1-5,8,11,13,17H,6-7,9-10H2,(H,15,18). The molecule has 1 aromatic rings. The molecule has 1 aliphatic rings. The first-order valence-corrected chi connectivity index (χ1v) is 8.24. The smallest absolute Gasteiger partial charge is 0.331 e. The van der Waals surface area contributed by atoms with Gasteiger partial charge in [0.05, 0.1) is 11.5 Å². The third kappa shape index (κ3) is 4.87. The Bertz CT molecular complexity index is 605. The summed E-state index contributed by atoms with van der Waals surface area (Å²) < 4.78 is 25.7. The zero-order valence-corrected chi connectivity index (χ0v) is 12.3. The summed E-state index contributed by atoms with van der Waals surface area (Å²) in [6.07, 6.45) is 1.94. The van der Waals surface area contributed by atoms with E-state index >= 15 is 0 Å². The average molecular weight is 310 g/mol. The largest absolute Gasteiger partial charge is 0.393 e. The quantitative estimate of drug-likeness (QED) is 0.877. The lowest BCUT2D eigenvalue weighted by molar-refractivity contribution is 0.0952. The minimum atomic E-state index is -3.83. The number of nitrogens with zero attached hydrogens (tertiary/aromatic N) is 1. The van der Waals surface area contributed by atoms with Crippen molar-refractivity contribution in [3.63, 3.8) is 0 Å². The van der Waals surface area contributed by atoms with Gasteiger partial charge in [-0.1, -0.05) is 30.3 Å². The molecule has 1 aromatic carbocycles. The van der Waals surface area contributed by atoms with Gasteiger partial charge in [0.1, 0.15) is 0 Å². The van der Waals surface area contributed by atoms with Gasteiger partial charge in [-0.25, -0.2) is 17.9 Å². The Labute approximate surface area is 124 Å². The van der Waals surface area contributed by atoms with E-state index in [2.05, 4.69) is 0 Å². The maximum absolute atomic E-state index is 11.9. The summed E-state index contributed by atoms with van der Waals surface area (Å²) in [6.45, 7) is 0.704. The predicted octanol–water partition coefficient (Wildman–Crippen LogP) is 1.15. The number of benzene rings is 1. The highest BCUT2D eigenvalue weighted by Gasteiger charge is 2.23. The molecule has 1 aliphatic heterocycles. The molecule has 1 heterocycles. The summed E-state index contributed by atoms with van der Waals surface area (Å²) in [5.41, 5.74) is 0.733. The SMILES string of the molecule is O=C(NS(=O)(=O)C=Cc1ccccc1)N1CCC(O)CC1. The van der Waals surface area contributed by atoms with Gasteiger partial charge in [-0.05, 0) is 24.5 Å². The van der Waals surface area contributed by atoms with Crippen LogP contribution in [0.2, 0.25) is 0 Å². The van der Waals surface area contributed by atoms with Crippen molar-refractivity contribution < 1.29 is 18.3 Å². The van der Waals surface area contributed by atoms with Crippen molar-refractivity contribution in [2.24, 2.45) is 0 Å². The summed E-state index contributed by atoms with van der Waals surface area (Å²) in [5.74, 6) is 0. The molecule has 2 amide bonds. The molecule has 6 nitrogen and oxygen atoms in total. The van der Waals surface area contributed by atoms with Gasteiger partial charge >= 0.3 is 6.03 Å². The second-order valence-corrected chi connectivity index (χ2v) is 6.45. The Kier molecular flexibility index (Phi) is 4.98. The molecule has 0 radical (unpaired) electrons. The van der Waals surface area contributed by atoms with Crippen molar-refractivity contribution in [1.82, 2.24) is 9.62 Å². The Morgan fingerprint density at radius 1 is 1.24 bits per heavy atom. The van der Waals surface area contributed by atoms with Crippen LogP contribution in [-0.2, 0) is 10.0 Å². The average Bonchev–Trinajstić information content (AvgIpc) is 2.46. The topological polar surface area (TPSA) is 86.7 Å². The lowest BCUT2D eigenvalue weighted by Gasteiger charge is -2.29. The maximum Gasteiger partial charge on any atom is 0.331 e. The summed E-state index contributed by atoms with van der Waals surface area (Å²) >= 11 is 0. The number of aliphatic hydroxyl groups is 1. The van der Waals surface area contributed by atoms with Crippen LogP contribution < -0.4 is 4.72 Å². The lowest BCUT2D eigenvalue weighted by Crippen LogP contribution is -2.46. The van der Waals surface area contributed by atoms with E-state index in [4.69, 9.17) is 0 Å². The number of amides is 2. The zero-order chi connectivity index (χ0) is 15.3. The molecular formula is C14H18N2O4S. The van der Waals surface area contributed by atoms with Crippen LogP contribution >= 0.6 is 0 Å². The fraction of sp³-hybridized carbons (Fsp3) is 0.357. The van der Waals surface area contributed by atoms with Crippen molar-refractivity contribution in [2.45, 2.75) is 18.9 Å². The van der Waals surface area contributed by atoms with Crippen LogP contribution in [0.15, 0.2) is 35.7 Å². The first-order chi connectivity index (χ1) is 9.96. The minimum Gasteiger partial charge on any atom is -0.393 e. The Morgan fingerprint density at radius 3 is 2.48 bits per heavy atom. The Morgan fingerprint density at radius 2 is 1.86 bits per heavy atom. The van der Waals surface area contributed by atoms with E-state index in [0.29, 0.717) is 25.9 Å². The molecule has 1 fully saturated rings. The number of aliphatic hydroxyl groups excluding tert-OH is 1. The minimum absolute atomic E-state index is 0.352. The second kappa shape index (κ2) is 6.73. The van der Waals surface area contributed by atoms with Gasteiger partial charge in [0.15, 0.2) is 0 Å². The third-order valence-corrected chi connectivity index (χ3v) is 4.17. The van der Waals surface area contributed by atoms with Crippen LogP contribution in [0.5, 0.6) is 0 Å². The lowest BCUT2D eigenvalue weighted by atomic mass is 10.1. The van der Waals surface area contributed by atoms with E-state index in [1.165, 1.54) is 11.0 Å². The molecule has 0 bridgehead atoms. The van der Waals surface area contributed by atoms with E-state index in [9.17, 15) is 18.3 Å². The molecule has 21 heavy (non-hydrogen) atoms. The molecule has 0 unspecified atom stereocenters. The van der Waals surface area contributed by atoms with Crippen LogP contribution in [0.4, 0.5) is 4.79 Å². The van der Waals surface area contributed by atoms with Crippen LogP contribution in [0.25, 0.3) is 6.08 Å². The van der Waals surface area contributed by atoms with E-state index in [-0.39, 0.29) is 0 Å². The van der Waals surface area contributed by atoms with Crippen molar-refractivity contribution in [2.75, 3.05) is 13.1 Å². The summed E-state index contributed by atoms with van der Waals surface area (Å²) in [5, 5.41) is 10.3. The van der Waals surface area contributed by atoms with Gasteiger partial charge in [-0.3, -0.25) is 0 Å². The Balaban J connectivity index is 1.94. The highest BCUT2D eigenvalue weighted by molar-refractivity contribution is 7.93.